The molecule has 1 aromatic carbocycles. The van der Waals surface area contributed by atoms with Gasteiger partial charge in [0.25, 0.3) is 5.69 Å². The Balaban J connectivity index is 0.00000176. The van der Waals surface area contributed by atoms with Crippen LogP contribution in [0.4, 0.5) is 5.69 Å². The van der Waals surface area contributed by atoms with Crippen LogP contribution in [0, 0.1) is 10.1 Å². The topological polar surface area (TPSA) is 115 Å². The normalized spacial score (nSPS) is 18.1. The summed E-state index contributed by atoms with van der Waals surface area (Å²) < 4.78 is 24.8. The number of sulfone groups is 1. The summed E-state index contributed by atoms with van der Waals surface area (Å²) in [6.45, 7) is 1.07. The van der Waals surface area contributed by atoms with E-state index >= 15 is 0 Å². The second kappa shape index (κ2) is 6.11. The first kappa shape index (κ1) is 16.5. The Labute approximate surface area is 132 Å². The van der Waals surface area contributed by atoms with E-state index in [1.165, 1.54) is 24.4 Å². The maximum atomic E-state index is 12.4. The van der Waals surface area contributed by atoms with Gasteiger partial charge in [-0.05, 0) is 19.0 Å². The first-order valence-electron chi connectivity index (χ1n) is 6.34. The van der Waals surface area contributed by atoms with Crippen molar-refractivity contribution in [3.05, 3.63) is 34.5 Å². The van der Waals surface area contributed by atoms with Gasteiger partial charge in [0.1, 0.15) is 0 Å². The number of benzene rings is 1. The van der Waals surface area contributed by atoms with Gasteiger partial charge in [-0.25, -0.2) is 13.4 Å². The number of aromatic nitrogens is 2. The van der Waals surface area contributed by atoms with Crippen molar-refractivity contribution in [3.8, 4) is 0 Å². The first-order valence-corrected chi connectivity index (χ1v) is 7.89. The molecule has 22 heavy (non-hydrogen) atoms. The number of nitro benzene ring substituents is 1. The number of hydrogen-bond donors (Lipinski definition) is 1. The lowest BCUT2D eigenvalue weighted by Crippen LogP contribution is -2.24. The van der Waals surface area contributed by atoms with Crippen molar-refractivity contribution in [1.82, 2.24) is 15.3 Å². The van der Waals surface area contributed by atoms with Gasteiger partial charge < -0.3 is 5.32 Å². The predicted molar refractivity (Wildman–Crippen MR) is 81.9 cm³/mol. The SMILES string of the molecule is Cl.O=[N+]([O-])c1ccc2nc(S(=O)(=O)[C@@H]3CCNC3)cnc2c1. The number of fused-ring (bicyclic) bond motifs is 1. The molecule has 118 valence electrons. The molecular weight excluding hydrogens is 332 g/mol. The average molecular weight is 345 g/mol. The van der Waals surface area contributed by atoms with Gasteiger partial charge in [-0.15, -0.1) is 12.4 Å². The van der Waals surface area contributed by atoms with Crippen molar-refractivity contribution in [3.63, 3.8) is 0 Å². The van der Waals surface area contributed by atoms with Gasteiger partial charge >= 0.3 is 0 Å². The van der Waals surface area contributed by atoms with E-state index < -0.39 is 20.0 Å². The fraction of sp³-hybridized carbons (Fsp3) is 0.333. The summed E-state index contributed by atoms with van der Waals surface area (Å²) in [5.41, 5.74) is 0.521. The van der Waals surface area contributed by atoms with E-state index in [1.54, 1.807) is 0 Å². The quantitative estimate of drug-likeness (QED) is 0.654. The van der Waals surface area contributed by atoms with E-state index in [1.807, 2.05) is 0 Å². The van der Waals surface area contributed by atoms with E-state index in [4.69, 9.17) is 0 Å². The Morgan fingerprint density at radius 2 is 2.09 bits per heavy atom. The average Bonchev–Trinajstić information content (AvgIpc) is 3.01. The molecule has 8 nitrogen and oxygen atoms in total. The van der Waals surface area contributed by atoms with Gasteiger partial charge in [0, 0.05) is 18.7 Å². The molecule has 0 aliphatic carbocycles. The van der Waals surface area contributed by atoms with Crippen LogP contribution in [-0.2, 0) is 9.84 Å². The highest BCUT2D eigenvalue weighted by atomic mass is 35.5. The van der Waals surface area contributed by atoms with Crippen molar-refractivity contribution in [2.75, 3.05) is 13.1 Å². The Hall–Kier alpha value is -1.84. The van der Waals surface area contributed by atoms with Crippen molar-refractivity contribution < 1.29 is 13.3 Å². The number of nitrogens with one attached hydrogen (secondary N) is 1. The molecule has 1 N–H and O–H groups in total. The molecule has 0 unspecified atom stereocenters. The lowest BCUT2D eigenvalue weighted by molar-refractivity contribution is -0.384. The zero-order valence-electron chi connectivity index (χ0n) is 11.3. The molecule has 0 amide bonds. The second-order valence-corrected chi connectivity index (χ2v) is 6.97. The monoisotopic (exact) mass is 344 g/mol. The van der Waals surface area contributed by atoms with Crippen molar-refractivity contribution in [2.24, 2.45) is 0 Å². The minimum atomic E-state index is -3.53. The molecule has 10 heteroatoms. The second-order valence-electron chi connectivity index (χ2n) is 4.80. The minimum Gasteiger partial charge on any atom is -0.315 e. The van der Waals surface area contributed by atoms with Crippen LogP contribution in [-0.4, -0.2) is 41.6 Å². The number of nitro groups is 1. The van der Waals surface area contributed by atoms with E-state index in [9.17, 15) is 18.5 Å². The Morgan fingerprint density at radius 1 is 1.32 bits per heavy atom. The Morgan fingerprint density at radius 3 is 2.73 bits per heavy atom. The van der Waals surface area contributed by atoms with E-state index in [0.717, 1.165) is 0 Å². The molecule has 0 spiro atoms. The molecule has 1 atom stereocenters. The van der Waals surface area contributed by atoms with Gasteiger partial charge in [-0.3, -0.25) is 15.1 Å². The fourth-order valence-electron chi connectivity index (χ4n) is 2.30. The summed E-state index contributed by atoms with van der Waals surface area (Å²) in [5, 5.41) is 13.1. The third kappa shape index (κ3) is 2.87. The number of nitrogens with zero attached hydrogens (tertiary/aromatic N) is 3. The van der Waals surface area contributed by atoms with Crippen LogP contribution < -0.4 is 5.32 Å². The van der Waals surface area contributed by atoms with E-state index in [0.29, 0.717) is 30.5 Å². The highest BCUT2D eigenvalue weighted by Gasteiger charge is 2.31. The number of non-ortho nitro benzene ring substituents is 1. The molecule has 3 rings (SSSR count). The smallest absolute Gasteiger partial charge is 0.271 e. The van der Waals surface area contributed by atoms with Gasteiger partial charge in [0.15, 0.2) is 5.03 Å². The van der Waals surface area contributed by atoms with Gasteiger partial charge in [-0.1, -0.05) is 0 Å². The molecule has 0 radical (unpaired) electrons. The molecule has 2 aromatic rings. The third-order valence-electron chi connectivity index (χ3n) is 3.46. The lowest BCUT2D eigenvalue weighted by atomic mass is 10.3. The van der Waals surface area contributed by atoms with Gasteiger partial charge in [0.2, 0.25) is 9.84 Å². The molecule has 1 aliphatic heterocycles. The summed E-state index contributed by atoms with van der Waals surface area (Å²) in [6.07, 6.45) is 1.71. The molecule has 0 saturated carbocycles. The minimum absolute atomic E-state index is 0. The van der Waals surface area contributed by atoms with Crippen LogP contribution in [0.2, 0.25) is 0 Å². The van der Waals surface area contributed by atoms with Crippen LogP contribution in [0.1, 0.15) is 6.42 Å². The molecule has 1 aromatic heterocycles. The number of rotatable bonds is 3. The largest absolute Gasteiger partial charge is 0.315 e. The van der Waals surface area contributed by atoms with Crippen molar-refractivity contribution in [1.29, 1.82) is 0 Å². The highest BCUT2D eigenvalue weighted by molar-refractivity contribution is 7.92. The van der Waals surface area contributed by atoms with Gasteiger partial charge in [-0.2, -0.15) is 0 Å². The molecule has 2 heterocycles. The molecule has 1 fully saturated rings. The molecule has 1 aliphatic rings. The standard InChI is InChI=1S/C12H12N4O4S.ClH/c17-16(18)8-1-2-10-11(5-8)14-7-12(15-10)21(19,20)9-3-4-13-6-9;/h1-2,5,7,9,13H,3-4,6H2;1H/t9-;/m1./s1. The van der Waals surface area contributed by atoms with Crippen LogP contribution >= 0.6 is 12.4 Å². The van der Waals surface area contributed by atoms with Crippen LogP contribution in [0.3, 0.4) is 0 Å². The lowest BCUT2D eigenvalue weighted by Gasteiger charge is -2.09. The van der Waals surface area contributed by atoms with Crippen LogP contribution in [0.15, 0.2) is 29.4 Å². The van der Waals surface area contributed by atoms with E-state index in [2.05, 4.69) is 15.3 Å². The van der Waals surface area contributed by atoms with Crippen molar-refractivity contribution >= 4 is 39.0 Å². The zero-order valence-corrected chi connectivity index (χ0v) is 12.9. The highest BCUT2D eigenvalue weighted by Crippen LogP contribution is 2.22. The Kier molecular flexibility index (Phi) is 4.59. The third-order valence-corrected chi connectivity index (χ3v) is 5.52. The Bertz CT molecular complexity index is 821. The summed E-state index contributed by atoms with van der Waals surface area (Å²) >= 11 is 0. The van der Waals surface area contributed by atoms with Crippen LogP contribution in [0.25, 0.3) is 11.0 Å². The zero-order chi connectivity index (χ0) is 15.0. The fourth-order valence-corrected chi connectivity index (χ4v) is 3.83. The van der Waals surface area contributed by atoms with E-state index in [-0.39, 0.29) is 23.1 Å². The predicted octanol–water partition coefficient (Wildman–Crippen LogP) is 1.10. The van der Waals surface area contributed by atoms with Crippen LogP contribution in [0.5, 0.6) is 0 Å². The maximum Gasteiger partial charge on any atom is 0.271 e. The molecular formula is C12H13ClN4O4S. The maximum absolute atomic E-state index is 12.4. The summed E-state index contributed by atoms with van der Waals surface area (Å²) in [7, 11) is -3.53. The number of halogens is 1. The molecule has 0 bridgehead atoms. The number of hydrogen-bond acceptors (Lipinski definition) is 7. The van der Waals surface area contributed by atoms with Crippen molar-refractivity contribution in [2.45, 2.75) is 16.7 Å². The first-order chi connectivity index (χ1) is 9.98. The summed E-state index contributed by atoms with van der Waals surface area (Å²) in [6, 6.07) is 3.97. The summed E-state index contributed by atoms with van der Waals surface area (Å²) in [4.78, 5) is 18.3. The van der Waals surface area contributed by atoms with Gasteiger partial charge in [0.05, 0.1) is 27.4 Å². The molecule has 1 saturated heterocycles. The summed E-state index contributed by atoms with van der Waals surface area (Å²) in [5.74, 6) is 0.